The molecule has 2 fully saturated rings. The Kier molecular flexibility index (Phi) is 4.40. The highest BCUT2D eigenvalue weighted by molar-refractivity contribution is 7.22. The Labute approximate surface area is 142 Å². The van der Waals surface area contributed by atoms with Crippen molar-refractivity contribution in [3.05, 3.63) is 18.2 Å². The van der Waals surface area contributed by atoms with E-state index in [0.29, 0.717) is 6.04 Å². The predicted molar refractivity (Wildman–Crippen MR) is 99.8 cm³/mol. The average molecular weight is 331 g/mol. The topological polar surface area (TPSA) is 31.4 Å². The fraction of sp³-hybridized carbons (Fsp3) is 0.611. The summed E-state index contributed by atoms with van der Waals surface area (Å²) in [5, 5.41) is 4.76. The van der Waals surface area contributed by atoms with Crippen LogP contribution in [0.4, 0.5) is 10.8 Å². The van der Waals surface area contributed by atoms with Gasteiger partial charge in [-0.2, -0.15) is 0 Å². The van der Waals surface area contributed by atoms with Crippen LogP contribution in [0, 0.1) is 0 Å². The Bertz CT molecular complexity index is 654. The summed E-state index contributed by atoms with van der Waals surface area (Å²) in [6.45, 7) is 4.53. The second-order valence-electron chi connectivity index (χ2n) is 6.94. The summed E-state index contributed by atoms with van der Waals surface area (Å²) >= 11 is 1.81. The van der Waals surface area contributed by atoms with Crippen LogP contribution in [0.25, 0.3) is 10.2 Å². The van der Waals surface area contributed by atoms with E-state index in [4.69, 9.17) is 4.98 Å². The number of rotatable bonds is 3. The molecular formula is C18H26N4S. The van der Waals surface area contributed by atoms with Crippen LogP contribution in [0.3, 0.4) is 0 Å². The smallest absolute Gasteiger partial charge is 0.184 e. The molecule has 0 spiro atoms. The van der Waals surface area contributed by atoms with E-state index in [0.717, 1.165) is 36.8 Å². The maximum atomic E-state index is 4.79. The van der Waals surface area contributed by atoms with E-state index in [1.165, 1.54) is 42.5 Å². The molecule has 0 bridgehead atoms. The molecule has 0 amide bonds. The van der Waals surface area contributed by atoms with E-state index in [2.05, 4.69) is 40.4 Å². The van der Waals surface area contributed by atoms with Gasteiger partial charge in [0.2, 0.25) is 0 Å². The lowest BCUT2D eigenvalue weighted by atomic mass is 9.96. The number of aromatic nitrogens is 1. The van der Waals surface area contributed by atoms with E-state index < -0.39 is 0 Å². The summed E-state index contributed by atoms with van der Waals surface area (Å²) in [7, 11) is 2.20. The minimum absolute atomic E-state index is 0.626. The molecule has 1 N–H and O–H groups in total. The van der Waals surface area contributed by atoms with E-state index in [9.17, 15) is 0 Å². The molecule has 5 heteroatoms. The molecule has 0 radical (unpaired) electrons. The number of likely N-dealkylation sites (N-methyl/N-ethyl adjacent to an activating group) is 1. The largest absolute Gasteiger partial charge is 0.369 e. The molecule has 4 nitrogen and oxygen atoms in total. The van der Waals surface area contributed by atoms with Crippen molar-refractivity contribution >= 4 is 32.4 Å². The maximum Gasteiger partial charge on any atom is 0.184 e. The lowest BCUT2D eigenvalue weighted by Crippen LogP contribution is -2.44. The van der Waals surface area contributed by atoms with Gasteiger partial charge >= 0.3 is 0 Å². The number of piperazine rings is 1. The third-order valence-electron chi connectivity index (χ3n) is 5.17. The molecule has 1 aromatic carbocycles. The fourth-order valence-electron chi connectivity index (χ4n) is 3.66. The zero-order chi connectivity index (χ0) is 15.6. The van der Waals surface area contributed by atoms with E-state index in [1.54, 1.807) is 0 Å². The highest BCUT2D eigenvalue weighted by Crippen LogP contribution is 2.31. The van der Waals surface area contributed by atoms with Crippen LogP contribution in [0.2, 0.25) is 0 Å². The van der Waals surface area contributed by atoms with Gasteiger partial charge in [-0.1, -0.05) is 30.6 Å². The number of anilines is 2. The highest BCUT2D eigenvalue weighted by Gasteiger charge is 2.17. The van der Waals surface area contributed by atoms with Crippen molar-refractivity contribution in [3.63, 3.8) is 0 Å². The molecular weight excluding hydrogens is 304 g/mol. The van der Waals surface area contributed by atoms with Crippen molar-refractivity contribution in [2.24, 2.45) is 0 Å². The van der Waals surface area contributed by atoms with E-state index >= 15 is 0 Å². The van der Waals surface area contributed by atoms with Crippen LogP contribution in [0.1, 0.15) is 32.1 Å². The van der Waals surface area contributed by atoms with Gasteiger partial charge in [0, 0.05) is 37.9 Å². The van der Waals surface area contributed by atoms with Gasteiger partial charge in [0.15, 0.2) is 5.13 Å². The summed E-state index contributed by atoms with van der Waals surface area (Å²) in [4.78, 5) is 9.68. The molecule has 2 aromatic rings. The first-order valence-electron chi connectivity index (χ1n) is 8.88. The van der Waals surface area contributed by atoms with Crippen molar-refractivity contribution in [2.45, 2.75) is 38.1 Å². The Hall–Kier alpha value is -1.33. The van der Waals surface area contributed by atoms with Gasteiger partial charge in [0.05, 0.1) is 10.2 Å². The third kappa shape index (κ3) is 3.45. The van der Waals surface area contributed by atoms with Crippen LogP contribution in [-0.4, -0.2) is 49.2 Å². The number of thiazole rings is 1. The van der Waals surface area contributed by atoms with Gasteiger partial charge in [0.25, 0.3) is 0 Å². The molecule has 1 aliphatic carbocycles. The second-order valence-corrected chi connectivity index (χ2v) is 7.97. The summed E-state index contributed by atoms with van der Waals surface area (Å²) in [6.07, 6.45) is 6.70. The minimum atomic E-state index is 0.626. The lowest BCUT2D eigenvalue weighted by Gasteiger charge is -2.34. The van der Waals surface area contributed by atoms with Crippen molar-refractivity contribution in [2.75, 3.05) is 43.4 Å². The Morgan fingerprint density at radius 2 is 1.87 bits per heavy atom. The summed E-state index contributed by atoms with van der Waals surface area (Å²) < 4.78 is 1.31. The summed E-state index contributed by atoms with van der Waals surface area (Å²) in [6, 6.07) is 7.37. The molecule has 23 heavy (non-hydrogen) atoms. The van der Waals surface area contributed by atoms with Crippen molar-refractivity contribution in [3.8, 4) is 0 Å². The van der Waals surface area contributed by atoms with Crippen LogP contribution in [0.5, 0.6) is 0 Å². The molecule has 1 saturated heterocycles. The normalized spacial score (nSPS) is 21.0. The first-order valence-corrected chi connectivity index (χ1v) is 9.70. The van der Waals surface area contributed by atoms with Gasteiger partial charge in [-0.05, 0) is 38.1 Å². The zero-order valence-corrected chi connectivity index (χ0v) is 14.7. The number of nitrogens with one attached hydrogen (secondary N) is 1. The minimum Gasteiger partial charge on any atom is -0.369 e. The molecule has 1 saturated carbocycles. The molecule has 2 aliphatic rings. The van der Waals surface area contributed by atoms with Gasteiger partial charge in [-0.25, -0.2) is 4.98 Å². The number of hydrogen-bond acceptors (Lipinski definition) is 5. The number of hydrogen-bond donors (Lipinski definition) is 1. The molecule has 1 aliphatic heterocycles. The van der Waals surface area contributed by atoms with E-state index in [1.807, 2.05) is 11.3 Å². The number of fused-ring (bicyclic) bond motifs is 1. The van der Waals surface area contributed by atoms with Crippen LogP contribution in [-0.2, 0) is 0 Å². The molecule has 0 atom stereocenters. The highest BCUT2D eigenvalue weighted by atomic mass is 32.1. The lowest BCUT2D eigenvalue weighted by molar-refractivity contribution is 0.313. The number of benzene rings is 1. The van der Waals surface area contributed by atoms with Crippen LogP contribution < -0.4 is 10.2 Å². The summed E-state index contributed by atoms with van der Waals surface area (Å²) in [5.74, 6) is 0. The van der Waals surface area contributed by atoms with E-state index in [-0.39, 0.29) is 0 Å². The zero-order valence-electron chi connectivity index (χ0n) is 13.9. The standard InChI is InChI=1S/C18H26N4S/c1-21-9-11-22(12-10-21)15-7-8-16-17(13-15)23-18(20-16)19-14-5-3-2-4-6-14/h7-8,13-14H,2-6,9-12H2,1H3,(H,19,20). The summed E-state index contributed by atoms with van der Waals surface area (Å²) in [5.41, 5.74) is 2.48. The first kappa shape index (κ1) is 15.2. The van der Waals surface area contributed by atoms with Gasteiger partial charge in [-0.15, -0.1) is 0 Å². The SMILES string of the molecule is CN1CCN(c2ccc3nc(NC4CCCCC4)sc3c2)CC1. The molecule has 0 unspecified atom stereocenters. The fourth-order valence-corrected chi connectivity index (χ4v) is 4.63. The quantitative estimate of drug-likeness (QED) is 0.928. The number of nitrogens with zero attached hydrogens (tertiary/aromatic N) is 3. The molecule has 124 valence electrons. The molecule has 4 rings (SSSR count). The molecule has 1 aromatic heterocycles. The van der Waals surface area contributed by atoms with Crippen LogP contribution >= 0.6 is 11.3 Å². The maximum absolute atomic E-state index is 4.79. The second kappa shape index (κ2) is 6.65. The Balaban J connectivity index is 1.50. The monoisotopic (exact) mass is 330 g/mol. The van der Waals surface area contributed by atoms with Gasteiger partial charge < -0.3 is 15.1 Å². The average Bonchev–Trinajstić information content (AvgIpc) is 2.98. The first-order chi connectivity index (χ1) is 11.3. The third-order valence-corrected chi connectivity index (χ3v) is 6.12. The molecule has 2 heterocycles. The van der Waals surface area contributed by atoms with Crippen molar-refractivity contribution in [1.29, 1.82) is 0 Å². The van der Waals surface area contributed by atoms with Crippen molar-refractivity contribution in [1.82, 2.24) is 9.88 Å². The van der Waals surface area contributed by atoms with Crippen molar-refractivity contribution < 1.29 is 0 Å². The Morgan fingerprint density at radius 3 is 2.65 bits per heavy atom. The predicted octanol–water partition coefficient (Wildman–Crippen LogP) is 3.79. The Morgan fingerprint density at radius 1 is 1.09 bits per heavy atom. The van der Waals surface area contributed by atoms with Gasteiger partial charge in [0.1, 0.15) is 0 Å². The van der Waals surface area contributed by atoms with Gasteiger partial charge in [-0.3, -0.25) is 0 Å². The van der Waals surface area contributed by atoms with Crippen LogP contribution in [0.15, 0.2) is 18.2 Å².